The van der Waals surface area contributed by atoms with E-state index in [2.05, 4.69) is 41.2 Å². The Hall–Kier alpha value is -0.580. The van der Waals surface area contributed by atoms with Crippen LogP contribution in [0.2, 0.25) is 0 Å². The molecule has 18 heavy (non-hydrogen) atoms. The van der Waals surface area contributed by atoms with Crippen molar-refractivity contribution in [2.24, 2.45) is 11.7 Å². The van der Waals surface area contributed by atoms with Crippen LogP contribution in [0.15, 0.2) is 22.7 Å². The van der Waals surface area contributed by atoms with Crippen molar-refractivity contribution in [2.75, 3.05) is 20.2 Å². The minimum Gasteiger partial charge on any atom is -0.496 e. The van der Waals surface area contributed by atoms with Gasteiger partial charge >= 0.3 is 0 Å². The van der Waals surface area contributed by atoms with Crippen LogP contribution < -0.4 is 15.8 Å². The zero-order valence-corrected chi connectivity index (χ0v) is 13.0. The lowest BCUT2D eigenvalue weighted by atomic mass is 10.0. The number of nitrogens with one attached hydrogen (secondary N) is 1. The SMILES string of the molecule is COc1ccc(Br)cc1CCNC(CN)C(C)C. The zero-order chi connectivity index (χ0) is 13.5. The highest BCUT2D eigenvalue weighted by molar-refractivity contribution is 9.10. The largest absolute Gasteiger partial charge is 0.496 e. The van der Waals surface area contributed by atoms with Crippen LogP contribution in [0.3, 0.4) is 0 Å². The molecule has 0 aliphatic carbocycles. The summed E-state index contributed by atoms with van der Waals surface area (Å²) in [5.41, 5.74) is 6.95. The Morgan fingerprint density at radius 1 is 1.39 bits per heavy atom. The summed E-state index contributed by atoms with van der Waals surface area (Å²) in [6.07, 6.45) is 0.936. The quantitative estimate of drug-likeness (QED) is 0.813. The van der Waals surface area contributed by atoms with Gasteiger partial charge in [0.05, 0.1) is 7.11 Å². The van der Waals surface area contributed by atoms with Crippen molar-refractivity contribution in [1.82, 2.24) is 5.32 Å². The minimum atomic E-state index is 0.378. The molecule has 4 heteroatoms. The number of hydrogen-bond acceptors (Lipinski definition) is 3. The molecule has 1 rings (SSSR count). The van der Waals surface area contributed by atoms with Crippen molar-refractivity contribution in [3.8, 4) is 5.75 Å². The van der Waals surface area contributed by atoms with Gasteiger partial charge in [-0.1, -0.05) is 29.8 Å². The maximum atomic E-state index is 5.74. The molecule has 0 spiro atoms. The lowest BCUT2D eigenvalue weighted by Crippen LogP contribution is -2.41. The highest BCUT2D eigenvalue weighted by Gasteiger charge is 2.10. The molecule has 1 atom stereocenters. The lowest BCUT2D eigenvalue weighted by Gasteiger charge is -2.20. The fourth-order valence-electron chi connectivity index (χ4n) is 1.93. The summed E-state index contributed by atoms with van der Waals surface area (Å²) in [6.45, 7) is 5.95. The van der Waals surface area contributed by atoms with Gasteiger partial charge in [0.15, 0.2) is 0 Å². The van der Waals surface area contributed by atoms with Gasteiger partial charge in [-0.25, -0.2) is 0 Å². The number of rotatable bonds is 7. The van der Waals surface area contributed by atoms with Crippen LogP contribution >= 0.6 is 15.9 Å². The third kappa shape index (κ3) is 4.59. The third-order valence-electron chi connectivity index (χ3n) is 3.10. The molecule has 1 aromatic carbocycles. The average molecular weight is 315 g/mol. The summed E-state index contributed by atoms with van der Waals surface area (Å²) in [5, 5.41) is 3.49. The van der Waals surface area contributed by atoms with Gasteiger partial charge in [-0.15, -0.1) is 0 Å². The van der Waals surface area contributed by atoms with Gasteiger partial charge in [0.25, 0.3) is 0 Å². The van der Waals surface area contributed by atoms with Crippen molar-refractivity contribution in [2.45, 2.75) is 26.3 Å². The Kier molecular flexibility index (Phi) is 6.68. The normalized spacial score (nSPS) is 12.8. The van der Waals surface area contributed by atoms with Gasteiger partial charge in [-0.05, 0) is 42.6 Å². The van der Waals surface area contributed by atoms with E-state index < -0.39 is 0 Å². The zero-order valence-electron chi connectivity index (χ0n) is 11.4. The fraction of sp³-hybridized carbons (Fsp3) is 0.571. The molecule has 0 aromatic heterocycles. The van der Waals surface area contributed by atoms with Crippen LogP contribution in [-0.4, -0.2) is 26.2 Å². The van der Waals surface area contributed by atoms with Gasteiger partial charge in [0.2, 0.25) is 0 Å². The van der Waals surface area contributed by atoms with Crippen LogP contribution in [0.5, 0.6) is 5.75 Å². The summed E-state index contributed by atoms with van der Waals surface area (Å²) in [5.74, 6) is 1.49. The van der Waals surface area contributed by atoms with E-state index in [9.17, 15) is 0 Å². The molecule has 0 aliphatic heterocycles. The van der Waals surface area contributed by atoms with Crippen molar-refractivity contribution >= 4 is 15.9 Å². The maximum Gasteiger partial charge on any atom is 0.122 e. The molecule has 0 amide bonds. The number of hydrogen-bond donors (Lipinski definition) is 2. The van der Waals surface area contributed by atoms with Crippen LogP contribution in [-0.2, 0) is 6.42 Å². The number of halogens is 1. The number of nitrogens with two attached hydrogens (primary N) is 1. The summed E-state index contributed by atoms with van der Waals surface area (Å²) in [4.78, 5) is 0. The molecule has 0 bridgehead atoms. The van der Waals surface area contributed by atoms with E-state index >= 15 is 0 Å². The van der Waals surface area contributed by atoms with Crippen molar-refractivity contribution in [3.63, 3.8) is 0 Å². The second-order valence-electron chi connectivity index (χ2n) is 4.75. The van der Waals surface area contributed by atoms with E-state index in [-0.39, 0.29) is 0 Å². The highest BCUT2D eigenvalue weighted by atomic mass is 79.9. The van der Waals surface area contributed by atoms with Gasteiger partial charge < -0.3 is 15.8 Å². The average Bonchev–Trinajstić information content (AvgIpc) is 2.34. The summed E-state index contributed by atoms with van der Waals surface area (Å²) in [6, 6.07) is 6.46. The second-order valence-corrected chi connectivity index (χ2v) is 5.66. The Balaban J connectivity index is 2.55. The van der Waals surface area contributed by atoms with Gasteiger partial charge in [0.1, 0.15) is 5.75 Å². The molecule has 3 N–H and O–H groups in total. The molecule has 1 aromatic rings. The summed E-state index contributed by atoms with van der Waals surface area (Å²) in [7, 11) is 1.71. The van der Waals surface area contributed by atoms with Crippen LogP contribution in [0.4, 0.5) is 0 Å². The van der Waals surface area contributed by atoms with Gasteiger partial charge in [-0.2, -0.15) is 0 Å². The molecule has 0 heterocycles. The summed E-state index contributed by atoms with van der Waals surface area (Å²) < 4.78 is 6.44. The van der Waals surface area contributed by atoms with E-state index in [0.29, 0.717) is 18.5 Å². The monoisotopic (exact) mass is 314 g/mol. The molecule has 0 fully saturated rings. The maximum absolute atomic E-state index is 5.74. The van der Waals surface area contributed by atoms with Gasteiger partial charge in [0, 0.05) is 17.1 Å². The fourth-order valence-corrected chi connectivity index (χ4v) is 2.33. The molecule has 1 unspecified atom stereocenters. The molecule has 3 nitrogen and oxygen atoms in total. The lowest BCUT2D eigenvalue weighted by molar-refractivity contribution is 0.397. The van der Waals surface area contributed by atoms with E-state index in [1.807, 2.05) is 12.1 Å². The molecule has 0 aliphatic rings. The van der Waals surface area contributed by atoms with Crippen LogP contribution in [0, 0.1) is 5.92 Å². The predicted octanol–water partition coefficient (Wildman–Crippen LogP) is 2.57. The van der Waals surface area contributed by atoms with Crippen molar-refractivity contribution in [1.29, 1.82) is 0 Å². The van der Waals surface area contributed by atoms with Gasteiger partial charge in [-0.3, -0.25) is 0 Å². The molecule has 0 radical (unpaired) electrons. The molecular formula is C14H23BrN2O. The Morgan fingerprint density at radius 2 is 2.11 bits per heavy atom. The molecule has 102 valence electrons. The van der Waals surface area contributed by atoms with Crippen molar-refractivity contribution < 1.29 is 4.74 Å². The smallest absolute Gasteiger partial charge is 0.122 e. The number of methoxy groups -OCH3 is 1. The second kappa shape index (κ2) is 7.77. The molecule has 0 saturated carbocycles. The van der Waals surface area contributed by atoms with Crippen LogP contribution in [0.1, 0.15) is 19.4 Å². The Labute approximate surface area is 118 Å². The summed E-state index contributed by atoms with van der Waals surface area (Å²) >= 11 is 3.49. The first-order valence-electron chi connectivity index (χ1n) is 6.34. The van der Waals surface area contributed by atoms with E-state index in [0.717, 1.165) is 23.2 Å². The molecule has 0 saturated heterocycles. The highest BCUT2D eigenvalue weighted by Crippen LogP contribution is 2.23. The number of benzene rings is 1. The third-order valence-corrected chi connectivity index (χ3v) is 3.60. The first-order valence-corrected chi connectivity index (χ1v) is 7.13. The number of ether oxygens (including phenoxy) is 1. The Bertz CT molecular complexity index is 369. The first kappa shape index (κ1) is 15.5. The Morgan fingerprint density at radius 3 is 2.67 bits per heavy atom. The first-order chi connectivity index (χ1) is 8.58. The standard InChI is InChI=1S/C14H23BrN2O/c1-10(2)13(9-16)17-7-6-11-8-12(15)4-5-14(11)18-3/h4-5,8,10,13,17H,6-7,9,16H2,1-3H3. The van der Waals surface area contributed by atoms with E-state index in [1.54, 1.807) is 7.11 Å². The predicted molar refractivity (Wildman–Crippen MR) is 80.1 cm³/mol. The van der Waals surface area contributed by atoms with E-state index in [1.165, 1.54) is 5.56 Å². The molecular weight excluding hydrogens is 292 g/mol. The minimum absolute atomic E-state index is 0.378. The van der Waals surface area contributed by atoms with Crippen molar-refractivity contribution in [3.05, 3.63) is 28.2 Å². The topological polar surface area (TPSA) is 47.3 Å². The van der Waals surface area contributed by atoms with E-state index in [4.69, 9.17) is 10.5 Å². The van der Waals surface area contributed by atoms with Crippen LogP contribution in [0.25, 0.3) is 0 Å².